The molecule has 1 aliphatic heterocycles. The fourth-order valence-corrected chi connectivity index (χ4v) is 3.81. The molecule has 0 radical (unpaired) electrons. The van der Waals surface area contributed by atoms with Crippen LogP contribution in [0.5, 0.6) is 5.88 Å². The number of pyridine rings is 2. The van der Waals surface area contributed by atoms with Gasteiger partial charge in [0.05, 0.1) is 24.1 Å². The van der Waals surface area contributed by atoms with Crippen molar-refractivity contribution in [3.8, 4) is 17.1 Å². The summed E-state index contributed by atoms with van der Waals surface area (Å²) in [6.07, 6.45) is 4.72. The minimum absolute atomic E-state index is 0.0148. The molecule has 0 unspecified atom stereocenters. The lowest BCUT2D eigenvalue weighted by Crippen LogP contribution is -2.47. The van der Waals surface area contributed by atoms with Gasteiger partial charge < -0.3 is 9.64 Å². The van der Waals surface area contributed by atoms with E-state index < -0.39 is 5.82 Å². The van der Waals surface area contributed by atoms with Crippen molar-refractivity contribution in [1.29, 1.82) is 0 Å². The van der Waals surface area contributed by atoms with Crippen LogP contribution in [-0.2, 0) is 0 Å². The lowest BCUT2D eigenvalue weighted by Gasteiger charge is -2.38. The Bertz CT molecular complexity index is 995. The maximum atomic E-state index is 13.5. The number of hydrogen-bond donors (Lipinski definition) is 0. The van der Waals surface area contributed by atoms with Crippen LogP contribution in [0.15, 0.2) is 67.0 Å². The molecule has 0 bridgehead atoms. The van der Waals surface area contributed by atoms with E-state index >= 15 is 0 Å². The average Bonchev–Trinajstić information content (AvgIpc) is 2.80. The Kier molecular flexibility index (Phi) is 6.02. The molecular weight excluding hydrogens is 381 g/mol. The number of halogens is 1. The van der Waals surface area contributed by atoms with Crippen LogP contribution in [-0.4, -0.2) is 40.0 Å². The van der Waals surface area contributed by atoms with E-state index in [0.29, 0.717) is 30.3 Å². The molecule has 1 fully saturated rings. The lowest BCUT2D eigenvalue weighted by atomic mass is 9.93. The SMILES string of the molecule is C[C@@H]1CC[C@@H](COc2ccc(F)cn2)CN1C(=O)c1cccnc1-c1ccccc1. The quantitative estimate of drug-likeness (QED) is 0.622. The highest BCUT2D eigenvalue weighted by Gasteiger charge is 2.31. The van der Waals surface area contributed by atoms with Crippen molar-refractivity contribution < 1.29 is 13.9 Å². The Morgan fingerprint density at radius 1 is 1.10 bits per heavy atom. The van der Waals surface area contributed by atoms with Gasteiger partial charge in [0.25, 0.3) is 5.91 Å². The topological polar surface area (TPSA) is 55.3 Å². The maximum absolute atomic E-state index is 13.5. The molecule has 6 heteroatoms. The van der Waals surface area contributed by atoms with E-state index in [4.69, 9.17) is 4.74 Å². The van der Waals surface area contributed by atoms with E-state index in [1.807, 2.05) is 41.3 Å². The van der Waals surface area contributed by atoms with Crippen LogP contribution in [0.3, 0.4) is 0 Å². The molecular formula is C24H24FN3O2. The summed E-state index contributed by atoms with van der Waals surface area (Å²) in [7, 11) is 0. The van der Waals surface area contributed by atoms with Crippen LogP contribution < -0.4 is 4.74 Å². The van der Waals surface area contributed by atoms with E-state index in [0.717, 1.165) is 24.6 Å². The molecule has 2 aromatic heterocycles. The number of nitrogens with zero attached hydrogens (tertiary/aromatic N) is 3. The second-order valence-electron chi connectivity index (χ2n) is 7.64. The van der Waals surface area contributed by atoms with Gasteiger partial charge in [0.2, 0.25) is 5.88 Å². The number of rotatable bonds is 5. The summed E-state index contributed by atoms with van der Waals surface area (Å²) in [6, 6.07) is 16.4. The molecule has 0 N–H and O–H groups in total. The Balaban J connectivity index is 1.49. The summed E-state index contributed by atoms with van der Waals surface area (Å²) >= 11 is 0. The van der Waals surface area contributed by atoms with E-state index in [9.17, 15) is 9.18 Å². The first kappa shape index (κ1) is 20.0. The predicted octanol–water partition coefficient (Wildman–Crippen LogP) is 4.60. The van der Waals surface area contributed by atoms with Crippen molar-refractivity contribution in [3.63, 3.8) is 0 Å². The van der Waals surface area contributed by atoms with Gasteiger partial charge in [-0.15, -0.1) is 0 Å². The van der Waals surface area contributed by atoms with Crippen LogP contribution in [0.4, 0.5) is 4.39 Å². The van der Waals surface area contributed by atoms with E-state index in [2.05, 4.69) is 16.9 Å². The lowest BCUT2D eigenvalue weighted by molar-refractivity contribution is 0.0503. The summed E-state index contributed by atoms with van der Waals surface area (Å²) < 4.78 is 18.7. The molecule has 154 valence electrons. The van der Waals surface area contributed by atoms with Gasteiger partial charge in [0, 0.05) is 36.3 Å². The maximum Gasteiger partial charge on any atom is 0.256 e. The second-order valence-corrected chi connectivity index (χ2v) is 7.64. The molecule has 1 aromatic carbocycles. The molecule has 1 saturated heterocycles. The molecule has 5 nitrogen and oxygen atoms in total. The van der Waals surface area contributed by atoms with Gasteiger partial charge in [-0.2, -0.15) is 0 Å². The fraction of sp³-hybridized carbons (Fsp3) is 0.292. The number of piperidine rings is 1. The zero-order valence-corrected chi connectivity index (χ0v) is 16.9. The molecule has 0 saturated carbocycles. The minimum atomic E-state index is -0.392. The van der Waals surface area contributed by atoms with Crippen LogP contribution in [0.25, 0.3) is 11.3 Å². The first-order valence-corrected chi connectivity index (χ1v) is 10.2. The third-order valence-corrected chi connectivity index (χ3v) is 5.49. The standard InChI is InChI=1S/C24H24FN3O2/c1-17-9-10-18(16-30-22-12-11-20(25)14-27-22)15-28(17)24(29)21-8-5-13-26-23(21)19-6-3-2-4-7-19/h2-8,11-14,17-18H,9-10,15-16H2,1H3/t17-,18-/m1/s1. The predicted molar refractivity (Wildman–Crippen MR) is 113 cm³/mol. The second kappa shape index (κ2) is 9.03. The van der Waals surface area contributed by atoms with Gasteiger partial charge in [0.1, 0.15) is 5.82 Å². The van der Waals surface area contributed by atoms with Crippen molar-refractivity contribution in [3.05, 3.63) is 78.4 Å². The third kappa shape index (κ3) is 4.48. The summed E-state index contributed by atoms with van der Waals surface area (Å²) in [4.78, 5) is 23.8. The summed E-state index contributed by atoms with van der Waals surface area (Å²) in [5, 5.41) is 0. The monoisotopic (exact) mass is 405 g/mol. The van der Waals surface area contributed by atoms with Crippen LogP contribution in [0, 0.1) is 11.7 Å². The van der Waals surface area contributed by atoms with Crippen LogP contribution >= 0.6 is 0 Å². The minimum Gasteiger partial charge on any atom is -0.477 e. The number of ether oxygens (including phenoxy) is 1. The zero-order chi connectivity index (χ0) is 20.9. The highest BCUT2D eigenvalue weighted by Crippen LogP contribution is 2.28. The van der Waals surface area contributed by atoms with Gasteiger partial charge in [-0.05, 0) is 38.0 Å². The van der Waals surface area contributed by atoms with Gasteiger partial charge >= 0.3 is 0 Å². The number of likely N-dealkylation sites (tertiary alicyclic amines) is 1. The van der Waals surface area contributed by atoms with E-state index in [-0.39, 0.29) is 17.9 Å². The molecule has 4 rings (SSSR count). The highest BCUT2D eigenvalue weighted by atomic mass is 19.1. The average molecular weight is 405 g/mol. The Morgan fingerprint density at radius 3 is 2.70 bits per heavy atom. The summed E-state index contributed by atoms with van der Waals surface area (Å²) in [5.41, 5.74) is 2.23. The van der Waals surface area contributed by atoms with Gasteiger partial charge in [-0.1, -0.05) is 30.3 Å². The molecule has 2 atom stereocenters. The van der Waals surface area contributed by atoms with Gasteiger partial charge in [-0.25, -0.2) is 9.37 Å². The first-order chi connectivity index (χ1) is 14.6. The molecule has 1 aliphatic rings. The van der Waals surface area contributed by atoms with Crippen molar-refractivity contribution in [1.82, 2.24) is 14.9 Å². The largest absolute Gasteiger partial charge is 0.477 e. The molecule has 3 aromatic rings. The number of benzene rings is 1. The number of aromatic nitrogens is 2. The molecule has 1 amide bonds. The molecule has 30 heavy (non-hydrogen) atoms. The molecule has 3 heterocycles. The highest BCUT2D eigenvalue weighted by molar-refractivity contribution is 6.00. The van der Waals surface area contributed by atoms with E-state index in [1.165, 1.54) is 12.1 Å². The number of carbonyl (C=O) groups is 1. The normalized spacial score (nSPS) is 18.8. The Morgan fingerprint density at radius 2 is 1.93 bits per heavy atom. The number of amides is 1. The Labute approximate surface area is 175 Å². The van der Waals surface area contributed by atoms with Crippen LogP contribution in [0.1, 0.15) is 30.1 Å². The van der Waals surface area contributed by atoms with Crippen molar-refractivity contribution in [2.75, 3.05) is 13.2 Å². The number of hydrogen-bond acceptors (Lipinski definition) is 4. The van der Waals surface area contributed by atoms with Crippen molar-refractivity contribution in [2.24, 2.45) is 5.92 Å². The summed E-state index contributed by atoms with van der Waals surface area (Å²) in [5.74, 6) is 0.177. The van der Waals surface area contributed by atoms with E-state index in [1.54, 1.807) is 12.3 Å². The molecule has 0 spiro atoms. The van der Waals surface area contributed by atoms with Gasteiger partial charge in [0.15, 0.2) is 0 Å². The molecule has 0 aliphatic carbocycles. The zero-order valence-electron chi connectivity index (χ0n) is 16.9. The number of carbonyl (C=O) groups excluding carboxylic acids is 1. The smallest absolute Gasteiger partial charge is 0.256 e. The first-order valence-electron chi connectivity index (χ1n) is 10.2. The third-order valence-electron chi connectivity index (χ3n) is 5.49. The summed E-state index contributed by atoms with van der Waals surface area (Å²) in [6.45, 7) is 3.12. The fourth-order valence-electron chi connectivity index (χ4n) is 3.81. The van der Waals surface area contributed by atoms with Crippen LogP contribution in [0.2, 0.25) is 0 Å². The van der Waals surface area contributed by atoms with Gasteiger partial charge in [-0.3, -0.25) is 9.78 Å². The van der Waals surface area contributed by atoms with Crippen molar-refractivity contribution >= 4 is 5.91 Å². The Hall–Kier alpha value is -3.28. The van der Waals surface area contributed by atoms with Crippen molar-refractivity contribution in [2.45, 2.75) is 25.8 Å².